The van der Waals surface area contributed by atoms with Gasteiger partial charge in [0, 0.05) is 18.4 Å². The molecule has 0 radical (unpaired) electrons. The van der Waals surface area contributed by atoms with Gasteiger partial charge in [-0.15, -0.1) is 0 Å². The zero-order chi connectivity index (χ0) is 24.4. The molecule has 0 saturated heterocycles. The number of hydrogen-bond acceptors (Lipinski definition) is 4. The van der Waals surface area contributed by atoms with Gasteiger partial charge in [-0.2, -0.15) is 0 Å². The van der Waals surface area contributed by atoms with Gasteiger partial charge in [0.05, 0.1) is 0 Å². The van der Waals surface area contributed by atoms with Crippen LogP contribution in [-0.2, 0) is 14.3 Å². The van der Waals surface area contributed by atoms with Gasteiger partial charge in [-0.25, -0.2) is 9.59 Å². The van der Waals surface area contributed by atoms with Crippen molar-refractivity contribution in [2.75, 3.05) is 6.61 Å². The number of aliphatic carboxylic acids is 1. The summed E-state index contributed by atoms with van der Waals surface area (Å²) >= 11 is 0. The Bertz CT molecular complexity index is 1080. The maximum atomic E-state index is 12.6. The molecule has 2 atom stereocenters. The summed E-state index contributed by atoms with van der Waals surface area (Å²) in [6.07, 6.45) is 4.78. The van der Waals surface area contributed by atoms with E-state index >= 15 is 0 Å². The van der Waals surface area contributed by atoms with Crippen molar-refractivity contribution in [3.8, 4) is 11.1 Å². The molecule has 0 aromatic heterocycles. The van der Waals surface area contributed by atoms with Gasteiger partial charge < -0.3 is 20.5 Å². The van der Waals surface area contributed by atoms with Crippen LogP contribution in [0.2, 0.25) is 0 Å². The number of benzene rings is 2. The lowest BCUT2D eigenvalue weighted by Gasteiger charge is -2.26. The quantitative estimate of drug-likeness (QED) is 0.542. The maximum Gasteiger partial charge on any atom is 0.407 e. The van der Waals surface area contributed by atoms with Gasteiger partial charge in [-0.3, -0.25) is 4.79 Å². The monoisotopic (exact) mass is 476 g/mol. The van der Waals surface area contributed by atoms with Crippen molar-refractivity contribution < 1.29 is 24.2 Å². The molecule has 184 valence electrons. The first-order valence-corrected chi connectivity index (χ1v) is 12.6. The number of carboxylic acid groups (broad SMARTS) is 1. The lowest BCUT2D eigenvalue weighted by Crippen LogP contribution is -2.52. The minimum Gasteiger partial charge on any atom is -0.480 e. The van der Waals surface area contributed by atoms with Crippen LogP contribution in [0.1, 0.15) is 68.4 Å². The molecule has 3 aliphatic carbocycles. The third-order valence-electron chi connectivity index (χ3n) is 7.93. The number of hydrogen-bond donors (Lipinski definition) is 3. The summed E-state index contributed by atoms with van der Waals surface area (Å²) in [6.45, 7) is 0.273. The van der Waals surface area contributed by atoms with Gasteiger partial charge in [0.1, 0.15) is 12.1 Å². The van der Waals surface area contributed by atoms with E-state index in [4.69, 9.17) is 4.74 Å². The van der Waals surface area contributed by atoms with Gasteiger partial charge in [0.2, 0.25) is 5.91 Å². The van der Waals surface area contributed by atoms with Gasteiger partial charge in [-0.1, -0.05) is 61.4 Å². The smallest absolute Gasteiger partial charge is 0.407 e. The molecule has 0 spiro atoms. The summed E-state index contributed by atoms with van der Waals surface area (Å²) in [5, 5.41) is 15.3. The van der Waals surface area contributed by atoms with Crippen LogP contribution in [0.5, 0.6) is 0 Å². The second kappa shape index (κ2) is 9.72. The number of carboxylic acids is 1. The minimum absolute atomic E-state index is 0.0188. The molecule has 7 nitrogen and oxygen atoms in total. The van der Waals surface area contributed by atoms with Gasteiger partial charge >= 0.3 is 12.1 Å². The Morgan fingerprint density at radius 1 is 0.943 bits per heavy atom. The van der Waals surface area contributed by atoms with E-state index in [1.54, 1.807) is 0 Å². The van der Waals surface area contributed by atoms with E-state index in [1.165, 1.54) is 22.3 Å². The van der Waals surface area contributed by atoms with Crippen molar-refractivity contribution in [1.29, 1.82) is 0 Å². The molecule has 0 heterocycles. The zero-order valence-corrected chi connectivity index (χ0v) is 19.8. The Balaban J connectivity index is 1.11. The topological polar surface area (TPSA) is 105 Å². The third kappa shape index (κ3) is 4.77. The first-order chi connectivity index (χ1) is 16.9. The number of amides is 2. The predicted octanol–water partition coefficient (Wildman–Crippen LogP) is 4.60. The van der Waals surface area contributed by atoms with Gasteiger partial charge in [-0.05, 0) is 60.3 Å². The highest BCUT2D eigenvalue weighted by atomic mass is 16.5. The number of fused-ring (bicyclic) bond motifs is 3. The molecule has 2 saturated carbocycles. The highest BCUT2D eigenvalue weighted by Crippen LogP contribution is 2.44. The molecule has 2 aromatic carbocycles. The van der Waals surface area contributed by atoms with Crippen molar-refractivity contribution in [2.45, 2.75) is 68.9 Å². The van der Waals surface area contributed by atoms with Crippen LogP contribution in [0.25, 0.3) is 11.1 Å². The first-order valence-electron chi connectivity index (χ1n) is 12.6. The zero-order valence-electron chi connectivity index (χ0n) is 19.8. The summed E-state index contributed by atoms with van der Waals surface area (Å²) in [7, 11) is 0. The molecular weight excluding hydrogens is 444 g/mol. The van der Waals surface area contributed by atoms with E-state index < -0.39 is 17.6 Å². The molecule has 3 N–H and O–H groups in total. The summed E-state index contributed by atoms with van der Waals surface area (Å²) in [4.78, 5) is 36.8. The molecule has 2 fully saturated rings. The molecule has 3 aliphatic rings. The predicted molar refractivity (Wildman–Crippen MR) is 131 cm³/mol. The van der Waals surface area contributed by atoms with Crippen LogP contribution in [0.3, 0.4) is 0 Å². The van der Waals surface area contributed by atoms with Crippen molar-refractivity contribution >= 4 is 18.0 Å². The Morgan fingerprint density at radius 2 is 1.57 bits per heavy atom. The third-order valence-corrected chi connectivity index (χ3v) is 7.93. The average molecular weight is 477 g/mol. The van der Waals surface area contributed by atoms with Gasteiger partial charge in [0.25, 0.3) is 0 Å². The molecule has 35 heavy (non-hydrogen) atoms. The van der Waals surface area contributed by atoms with Crippen molar-refractivity contribution in [1.82, 2.24) is 10.6 Å². The largest absolute Gasteiger partial charge is 0.480 e. The fraction of sp³-hybridized carbons (Fsp3) is 0.464. The fourth-order valence-corrected chi connectivity index (χ4v) is 6.15. The summed E-state index contributed by atoms with van der Waals surface area (Å²) in [5.74, 6) is -1.00. The standard InChI is InChI=1S/C28H32N2O5/c31-25(30-28(26(32)33)13-5-6-14-28)16-18-11-12-19(15-18)29-27(34)35-17-24-22-9-3-1-7-20(22)21-8-2-4-10-23(21)24/h1-4,7-10,18-19,24H,5-6,11-17H2,(H,29,34)(H,30,31)(H,32,33)/t18-,19+/m0/s1. The second-order valence-corrected chi connectivity index (χ2v) is 10.2. The van der Waals surface area contributed by atoms with Crippen molar-refractivity contribution in [3.05, 3.63) is 59.7 Å². The molecule has 0 bridgehead atoms. The van der Waals surface area contributed by atoms with Crippen LogP contribution < -0.4 is 10.6 Å². The number of rotatable bonds is 7. The Morgan fingerprint density at radius 3 is 2.20 bits per heavy atom. The molecular formula is C28H32N2O5. The van der Waals surface area contributed by atoms with Crippen LogP contribution in [0, 0.1) is 5.92 Å². The molecule has 0 unspecified atom stereocenters. The van der Waals surface area contributed by atoms with E-state index in [9.17, 15) is 19.5 Å². The number of ether oxygens (including phenoxy) is 1. The molecule has 2 amide bonds. The summed E-state index contributed by atoms with van der Waals surface area (Å²) < 4.78 is 5.65. The lowest BCUT2D eigenvalue weighted by molar-refractivity contribution is -0.147. The molecule has 0 aliphatic heterocycles. The number of carbonyl (C=O) groups is 3. The summed E-state index contributed by atoms with van der Waals surface area (Å²) in [5.41, 5.74) is 3.63. The first kappa shape index (κ1) is 23.4. The normalized spacial score (nSPS) is 22.3. The van der Waals surface area contributed by atoms with Crippen LogP contribution >= 0.6 is 0 Å². The number of nitrogens with one attached hydrogen (secondary N) is 2. The fourth-order valence-electron chi connectivity index (χ4n) is 6.15. The van der Waals surface area contributed by atoms with Crippen LogP contribution in [0.4, 0.5) is 4.79 Å². The highest BCUT2D eigenvalue weighted by Gasteiger charge is 2.43. The number of alkyl carbamates (subject to hydrolysis) is 1. The Labute approximate surface area is 205 Å². The average Bonchev–Trinajstić information content (AvgIpc) is 3.56. The van der Waals surface area contributed by atoms with E-state index in [0.717, 1.165) is 25.7 Å². The maximum absolute atomic E-state index is 12.6. The van der Waals surface area contributed by atoms with Crippen molar-refractivity contribution in [3.63, 3.8) is 0 Å². The Hall–Kier alpha value is -3.35. The SMILES string of the molecule is O=C(C[C@H]1CC[C@@H](NC(=O)OCC2c3ccccc3-c3ccccc32)C1)NC1(C(=O)O)CCCC1. The molecule has 5 rings (SSSR count). The lowest BCUT2D eigenvalue weighted by atomic mass is 9.96. The summed E-state index contributed by atoms with van der Waals surface area (Å²) in [6, 6.07) is 16.4. The van der Waals surface area contributed by atoms with Crippen molar-refractivity contribution in [2.24, 2.45) is 5.92 Å². The van der Waals surface area contributed by atoms with Crippen LogP contribution in [0.15, 0.2) is 48.5 Å². The second-order valence-electron chi connectivity index (χ2n) is 10.2. The highest BCUT2D eigenvalue weighted by molar-refractivity contribution is 5.87. The van der Waals surface area contributed by atoms with E-state index in [-0.39, 0.29) is 36.8 Å². The Kier molecular flexibility index (Phi) is 6.50. The minimum atomic E-state index is -1.10. The molecule has 7 heteroatoms. The number of carbonyl (C=O) groups excluding carboxylic acids is 2. The van der Waals surface area contributed by atoms with E-state index in [2.05, 4.69) is 34.9 Å². The van der Waals surface area contributed by atoms with Gasteiger partial charge in [0.15, 0.2) is 0 Å². The van der Waals surface area contributed by atoms with E-state index in [1.807, 2.05) is 24.3 Å². The van der Waals surface area contributed by atoms with Crippen LogP contribution in [-0.4, -0.2) is 41.3 Å². The van der Waals surface area contributed by atoms with E-state index in [0.29, 0.717) is 19.3 Å². The molecule has 2 aromatic rings.